The molecule has 0 aliphatic heterocycles. The normalized spacial score (nSPS) is 10.9. The first-order valence-corrected chi connectivity index (χ1v) is 11.0. The van der Waals surface area contributed by atoms with E-state index >= 15 is 0 Å². The lowest BCUT2D eigenvalue weighted by atomic mass is 10.1. The predicted octanol–water partition coefficient (Wildman–Crippen LogP) is 4.14. The van der Waals surface area contributed by atoms with Crippen LogP contribution in [0.3, 0.4) is 0 Å². The van der Waals surface area contributed by atoms with Crippen LogP contribution in [-0.4, -0.2) is 22.1 Å². The van der Waals surface area contributed by atoms with Crippen molar-refractivity contribution in [3.8, 4) is 5.75 Å². The van der Waals surface area contributed by atoms with Crippen molar-refractivity contribution in [3.63, 3.8) is 0 Å². The van der Waals surface area contributed by atoms with Gasteiger partial charge >= 0.3 is 0 Å². The Labute approximate surface area is 184 Å². The van der Waals surface area contributed by atoms with Gasteiger partial charge in [-0.3, -0.25) is 14.6 Å². The van der Waals surface area contributed by atoms with E-state index in [0.29, 0.717) is 41.9 Å². The lowest BCUT2D eigenvalue weighted by molar-refractivity contribution is 0.0950. The second-order valence-corrected chi connectivity index (χ2v) is 8.14. The summed E-state index contributed by atoms with van der Waals surface area (Å²) in [6.45, 7) is 5.07. The van der Waals surface area contributed by atoms with Gasteiger partial charge in [0.25, 0.3) is 11.5 Å². The Morgan fingerprint density at radius 2 is 2.03 bits per heavy atom. The van der Waals surface area contributed by atoms with Crippen molar-refractivity contribution in [2.24, 2.45) is 0 Å². The molecule has 4 rings (SSSR count). The summed E-state index contributed by atoms with van der Waals surface area (Å²) < 4.78 is 7.27. The van der Waals surface area contributed by atoms with Crippen LogP contribution >= 0.6 is 11.3 Å². The minimum absolute atomic E-state index is 0.158. The Balaban J connectivity index is 1.61. The zero-order chi connectivity index (χ0) is 21.8. The minimum atomic E-state index is -0.272. The van der Waals surface area contributed by atoms with Crippen LogP contribution in [-0.2, 0) is 13.1 Å². The first kappa shape index (κ1) is 20.8. The summed E-state index contributed by atoms with van der Waals surface area (Å²) in [4.78, 5) is 31.5. The van der Waals surface area contributed by atoms with Gasteiger partial charge in [-0.05, 0) is 43.5 Å². The standard InChI is InChI=1S/C24H23N3O3S/c1-3-30-22-9-5-4-7-17(22)14-25-23(28)19-13-20-21(26-16(19)2)10-11-27(24(20)29)15-18-8-6-12-31-18/h4-13H,3,14-15H2,1-2H3,(H,25,28). The number of nitrogens with one attached hydrogen (secondary N) is 1. The van der Waals surface area contributed by atoms with Crippen LogP contribution in [0.15, 0.2) is 64.9 Å². The van der Waals surface area contributed by atoms with Gasteiger partial charge in [0.05, 0.1) is 35.3 Å². The maximum Gasteiger partial charge on any atom is 0.260 e. The summed E-state index contributed by atoms with van der Waals surface area (Å²) in [6, 6.07) is 15.0. The second-order valence-electron chi connectivity index (χ2n) is 7.11. The fourth-order valence-electron chi connectivity index (χ4n) is 3.45. The van der Waals surface area contributed by atoms with E-state index in [1.54, 1.807) is 35.1 Å². The number of nitrogens with zero attached hydrogens (tertiary/aromatic N) is 2. The molecule has 0 fully saturated rings. The van der Waals surface area contributed by atoms with Crippen LogP contribution in [0.5, 0.6) is 5.75 Å². The van der Waals surface area contributed by atoms with E-state index in [0.717, 1.165) is 16.2 Å². The maximum absolute atomic E-state index is 13.0. The Hall–Kier alpha value is -3.45. The summed E-state index contributed by atoms with van der Waals surface area (Å²) >= 11 is 1.60. The molecule has 0 radical (unpaired) electrons. The molecule has 1 amide bonds. The highest BCUT2D eigenvalue weighted by Crippen LogP contribution is 2.19. The molecule has 0 aliphatic carbocycles. The van der Waals surface area contributed by atoms with Gasteiger partial charge in [0.2, 0.25) is 0 Å². The van der Waals surface area contributed by atoms with Crippen molar-refractivity contribution < 1.29 is 9.53 Å². The Bertz CT molecular complexity index is 1280. The average molecular weight is 434 g/mol. The number of thiophene rings is 1. The van der Waals surface area contributed by atoms with E-state index in [2.05, 4.69) is 10.3 Å². The van der Waals surface area contributed by atoms with Gasteiger partial charge in [-0.2, -0.15) is 0 Å². The highest BCUT2D eigenvalue weighted by atomic mass is 32.1. The van der Waals surface area contributed by atoms with Gasteiger partial charge in [-0.15, -0.1) is 11.3 Å². The Kier molecular flexibility index (Phi) is 6.13. The average Bonchev–Trinajstić information content (AvgIpc) is 3.28. The first-order valence-electron chi connectivity index (χ1n) is 10.1. The summed E-state index contributed by atoms with van der Waals surface area (Å²) in [5.74, 6) is 0.474. The van der Waals surface area contributed by atoms with E-state index in [4.69, 9.17) is 4.74 Å². The van der Waals surface area contributed by atoms with Crippen molar-refractivity contribution >= 4 is 28.1 Å². The Morgan fingerprint density at radius 3 is 2.81 bits per heavy atom. The smallest absolute Gasteiger partial charge is 0.260 e. The van der Waals surface area contributed by atoms with Crippen LogP contribution < -0.4 is 15.6 Å². The summed E-state index contributed by atoms with van der Waals surface area (Å²) in [5, 5.41) is 5.34. The zero-order valence-electron chi connectivity index (χ0n) is 17.4. The molecule has 3 heterocycles. The van der Waals surface area contributed by atoms with E-state index in [1.807, 2.05) is 54.8 Å². The van der Waals surface area contributed by atoms with Gasteiger partial charge in [0.15, 0.2) is 0 Å². The van der Waals surface area contributed by atoms with Gasteiger partial charge in [-0.1, -0.05) is 24.3 Å². The van der Waals surface area contributed by atoms with E-state index < -0.39 is 0 Å². The quantitative estimate of drug-likeness (QED) is 0.475. The molecule has 3 aromatic heterocycles. The van der Waals surface area contributed by atoms with E-state index in [-0.39, 0.29) is 11.5 Å². The topological polar surface area (TPSA) is 73.2 Å². The molecule has 0 aliphatic rings. The predicted molar refractivity (Wildman–Crippen MR) is 123 cm³/mol. The van der Waals surface area contributed by atoms with Gasteiger partial charge in [0, 0.05) is 23.2 Å². The number of amides is 1. The third-order valence-corrected chi connectivity index (χ3v) is 5.87. The molecule has 0 bridgehead atoms. The fourth-order valence-corrected chi connectivity index (χ4v) is 4.15. The lowest BCUT2D eigenvalue weighted by Gasteiger charge is -2.12. The SMILES string of the molecule is CCOc1ccccc1CNC(=O)c1cc2c(=O)n(Cc3cccs3)ccc2nc1C. The summed E-state index contributed by atoms with van der Waals surface area (Å²) in [5.41, 5.74) is 2.30. The molecule has 158 valence electrons. The molecular formula is C24H23N3O3S. The van der Waals surface area contributed by atoms with Crippen molar-refractivity contribution in [3.05, 3.63) is 92.2 Å². The Morgan fingerprint density at radius 1 is 1.19 bits per heavy atom. The molecule has 0 spiro atoms. The second kappa shape index (κ2) is 9.14. The highest BCUT2D eigenvalue weighted by Gasteiger charge is 2.15. The first-order chi connectivity index (χ1) is 15.1. The van der Waals surface area contributed by atoms with Gasteiger partial charge < -0.3 is 14.6 Å². The van der Waals surface area contributed by atoms with Crippen molar-refractivity contribution in [1.82, 2.24) is 14.9 Å². The monoisotopic (exact) mass is 433 g/mol. The van der Waals surface area contributed by atoms with Crippen molar-refractivity contribution in [1.29, 1.82) is 0 Å². The summed E-state index contributed by atoms with van der Waals surface area (Å²) in [7, 11) is 0. The number of pyridine rings is 2. The van der Waals surface area contributed by atoms with Crippen molar-refractivity contribution in [2.45, 2.75) is 26.9 Å². The van der Waals surface area contributed by atoms with Crippen LogP contribution in [0, 0.1) is 6.92 Å². The molecule has 7 heteroatoms. The minimum Gasteiger partial charge on any atom is -0.494 e. The van der Waals surface area contributed by atoms with Gasteiger partial charge in [-0.25, -0.2) is 0 Å². The molecule has 0 saturated heterocycles. The largest absolute Gasteiger partial charge is 0.494 e. The number of aryl methyl sites for hydroxylation is 1. The molecular weight excluding hydrogens is 410 g/mol. The molecule has 0 saturated carbocycles. The van der Waals surface area contributed by atoms with E-state index in [9.17, 15) is 9.59 Å². The molecule has 1 N–H and O–H groups in total. The number of para-hydroxylation sites is 1. The summed E-state index contributed by atoms with van der Waals surface area (Å²) in [6.07, 6.45) is 1.75. The van der Waals surface area contributed by atoms with Gasteiger partial charge in [0.1, 0.15) is 5.75 Å². The molecule has 0 unspecified atom stereocenters. The maximum atomic E-state index is 13.0. The number of fused-ring (bicyclic) bond motifs is 1. The molecule has 4 aromatic rings. The third kappa shape index (κ3) is 4.51. The van der Waals surface area contributed by atoms with Crippen LogP contribution in [0.4, 0.5) is 0 Å². The van der Waals surface area contributed by atoms with Crippen LogP contribution in [0.25, 0.3) is 10.9 Å². The number of hydrogen-bond donors (Lipinski definition) is 1. The lowest BCUT2D eigenvalue weighted by Crippen LogP contribution is -2.25. The number of ether oxygens (including phenoxy) is 1. The fraction of sp³-hybridized carbons (Fsp3) is 0.208. The van der Waals surface area contributed by atoms with E-state index in [1.165, 1.54) is 0 Å². The highest BCUT2D eigenvalue weighted by molar-refractivity contribution is 7.09. The number of carbonyl (C=O) groups excluding carboxylic acids is 1. The molecule has 1 aromatic carbocycles. The number of carbonyl (C=O) groups is 1. The third-order valence-electron chi connectivity index (χ3n) is 5.01. The number of rotatable bonds is 7. The number of benzene rings is 1. The number of aromatic nitrogens is 2. The molecule has 6 nitrogen and oxygen atoms in total. The number of hydrogen-bond acceptors (Lipinski definition) is 5. The van der Waals surface area contributed by atoms with Crippen LogP contribution in [0.2, 0.25) is 0 Å². The zero-order valence-corrected chi connectivity index (χ0v) is 18.2. The van der Waals surface area contributed by atoms with Crippen molar-refractivity contribution in [2.75, 3.05) is 6.61 Å². The van der Waals surface area contributed by atoms with Crippen LogP contribution in [0.1, 0.15) is 33.4 Å². The molecule has 31 heavy (non-hydrogen) atoms. The molecule has 0 atom stereocenters.